The number of aromatic nitrogens is 4. The van der Waals surface area contributed by atoms with Crippen LogP contribution in [0.1, 0.15) is 21.8 Å². The van der Waals surface area contributed by atoms with Crippen LogP contribution in [0.25, 0.3) is 28.2 Å². The minimum Gasteiger partial charge on any atom is -0.439 e. The van der Waals surface area contributed by atoms with Crippen LogP contribution < -0.4 is 10.6 Å². The molecular formula is C33H26N6O4. The highest BCUT2D eigenvalue weighted by Gasteiger charge is 2.29. The van der Waals surface area contributed by atoms with Crippen LogP contribution in [0.4, 0.5) is 0 Å². The molecule has 0 radical (unpaired) electrons. The summed E-state index contributed by atoms with van der Waals surface area (Å²) in [5, 5.41) is 9.93. The predicted molar refractivity (Wildman–Crippen MR) is 159 cm³/mol. The first-order valence-corrected chi connectivity index (χ1v) is 13.6. The fourth-order valence-electron chi connectivity index (χ4n) is 4.65. The molecule has 2 N–H and O–H groups in total. The Morgan fingerprint density at radius 1 is 0.837 bits per heavy atom. The number of hydrogen-bond donors (Lipinski definition) is 2. The second-order valence-electron chi connectivity index (χ2n) is 9.72. The van der Waals surface area contributed by atoms with Gasteiger partial charge in [0.05, 0.1) is 17.8 Å². The number of ketones is 1. The molecule has 10 heteroatoms. The molecule has 0 aliphatic heterocycles. The molecule has 1 atom stereocenters. The number of amides is 2. The molecule has 2 amide bonds. The first-order chi connectivity index (χ1) is 21.0. The van der Waals surface area contributed by atoms with Gasteiger partial charge in [0.2, 0.25) is 11.7 Å². The SMILES string of the molecule is O=C(NCc1nc2ccccc2o1)C(=O)[C@@H](Cc1ccccc1)NC(=O)c1cccnc1-n1ccc(-c2ccccc2)n1. The van der Waals surface area contributed by atoms with Crippen molar-refractivity contribution >= 4 is 28.7 Å². The maximum absolute atomic E-state index is 13.6. The lowest BCUT2D eigenvalue weighted by Gasteiger charge is -2.18. The van der Waals surface area contributed by atoms with Crippen molar-refractivity contribution in [1.29, 1.82) is 0 Å². The number of hydrogen-bond acceptors (Lipinski definition) is 7. The average molecular weight is 571 g/mol. The van der Waals surface area contributed by atoms with E-state index in [1.165, 1.54) is 4.68 Å². The van der Waals surface area contributed by atoms with Crippen molar-refractivity contribution in [2.45, 2.75) is 19.0 Å². The Labute approximate surface area is 246 Å². The number of Topliss-reactive ketones (excluding diaryl/α,β-unsaturated/α-hetero) is 1. The molecule has 0 fully saturated rings. The van der Waals surface area contributed by atoms with Crippen LogP contribution in [-0.2, 0) is 22.6 Å². The van der Waals surface area contributed by atoms with Gasteiger partial charge in [0.1, 0.15) is 11.6 Å². The van der Waals surface area contributed by atoms with Crippen LogP contribution >= 0.6 is 0 Å². The van der Waals surface area contributed by atoms with E-state index in [-0.39, 0.29) is 30.2 Å². The fraction of sp³-hybridized carbons (Fsp3) is 0.0909. The van der Waals surface area contributed by atoms with E-state index in [1.807, 2.05) is 78.9 Å². The minimum atomic E-state index is -1.15. The summed E-state index contributed by atoms with van der Waals surface area (Å²) < 4.78 is 7.15. The van der Waals surface area contributed by atoms with Crippen LogP contribution in [0.15, 0.2) is 120 Å². The largest absolute Gasteiger partial charge is 0.439 e. The molecule has 3 aromatic heterocycles. The summed E-state index contributed by atoms with van der Waals surface area (Å²) in [6.07, 6.45) is 3.38. The molecule has 3 heterocycles. The Kier molecular flexibility index (Phi) is 7.81. The van der Waals surface area contributed by atoms with Crippen molar-refractivity contribution in [3.63, 3.8) is 0 Å². The Balaban J connectivity index is 1.21. The predicted octanol–water partition coefficient (Wildman–Crippen LogP) is 4.30. The highest BCUT2D eigenvalue weighted by molar-refractivity contribution is 6.38. The normalized spacial score (nSPS) is 11.6. The number of pyridine rings is 1. The summed E-state index contributed by atoms with van der Waals surface area (Å²) in [5.41, 5.74) is 3.83. The van der Waals surface area contributed by atoms with E-state index in [0.29, 0.717) is 16.8 Å². The smallest absolute Gasteiger partial charge is 0.290 e. The first kappa shape index (κ1) is 27.3. The summed E-state index contributed by atoms with van der Waals surface area (Å²) >= 11 is 0. The third-order valence-electron chi connectivity index (χ3n) is 6.77. The summed E-state index contributed by atoms with van der Waals surface area (Å²) in [4.78, 5) is 48.7. The number of oxazole rings is 1. The monoisotopic (exact) mass is 570 g/mol. The summed E-state index contributed by atoms with van der Waals surface area (Å²) in [7, 11) is 0. The molecule has 0 aliphatic rings. The maximum atomic E-state index is 13.6. The highest BCUT2D eigenvalue weighted by Crippen LogP contribution is 2.19. The Morgan fingerprint density at radius 3 is 2.37 bits per heavy atom. The van der Waals surface area contributed by atoms with Gasteiger partial charge in [0.25, 0.3) is 11.8 Å². The van der Waals surface area contributed by atoms with E-state index in [2.05, 4.69) is 25.7 Å². The second kappa shape index (κ2) is 12.3. The van der Waals surface area contributed by atoms with Crippen molar-refractivity contribution in [2.75, 3.05) is 0 Å². The zero-order chi connectivity index (χ0) is 29.6. The van der Waals surface area contributed by atoms with Crippen LogP contribution in [0.3, 0.4) is 0 Å². The number of benzene rings is 3. The van der Waals surface area contributed by atoms with E-state index < -0.39 is 23.6 Å². The third kappa shape index (κ3) is 6.23. The van der Waals surface area contributed by atoms with E-state index in [9.17, 15) is 14.4 Å². The average Bonchev–Trinajstić information content (AvgIpc) is 3.71. The number of fused-ring (bicyclic) bond motifs is 1. The van der Waals surface area contributed by atoms with Crippen molar-refractivity contribution in [2.24, 2.45) is 0 Å². The van der Waals surface area contributed by atoms with Gasteiger partial charge in [0.15, 0.2) is 11.4 Å². The van der Waals surface area contributed by atoms with Crippen molar-refractivity contribution < 1.29 is 18.8 Å². The van der Waals surface area contributed by atoms with E-state index >= 15 is 0 Å². The fourth-order valence-corrected chi connectivity index (χ4v) is 4.65. The quantitative estimate of drug-likeness (QED) is 0.235. The second-order valence-corrected chi connectivity index (χ2v) is 9.72. The molecule has 212 valence electrons. The minimum absolute atomic E-state index is 0.0823. The van der Waals surface area contributed by atoms with Gasteiger partial charge in [-0.2, -0.15) is 5.10 Å². The molecular weight excluding hydrogens is 544 g/mol. The topological polar surface area (TPSA) is 132 Å². The molecule has 0 saturated carbocycles. The van der Waals surface area contributed by atoms with Gasteiger partial charge in [-0.15, -0.1) is 0 Å². The molecule has 6 aromatic rings. The lowest BCUT2D eigenvalue weighted by molar-refractivity contribution is -0.139. The number of nitrogens with one attached hydrogen (secondary N) is 2. The van der Waals surface area contributed by atoms with E-state index in [0.717, 1.165) is 11.1 Å². The van der Waals surface area contributed by atoms with Gasteiger partial charge >= 0.3 is 0 Å². The van der Waals surface area contributed by atoms with E-state index in [4.69, 9.17) is 4.42 Å². The number of carbonyl (C=O) groups is 3. The van der Waals surface area contributed by atoms with Gasteiger partial charge in [-0.25, -0.2) is 14.6 Å². The van der Waals surface area contributed by atoms with Crippen LogP contribution in [-0.4, -0.2) is 43.4 Å². The maximum Gasteiger partial charge on any atom is 0.290 e. The lowest BCUT2D eigenvalue weighted by Crippen LogP contribution is -2.48. The van der Waals surface area contributed by atoms with Gasteiger partial charge in [-0.1, -0.05) is 72.8 Å². The van der Waals surface area contributed by atoms with Crippen LogP contribution in [0.2, 0.25) is 0 Å². The zero-order valence-corrected chi connectivity index (χ0v) is 22.9. The van der Waals surface area contributed by atoms with Gasteiger partial charge in [-0.3, -0.25) is 14.4 Å². The van der Waals surface area contributed by atoms with Gasteiger partial charge in [0, 0.05) is 24.4 Å². The van der Waals surface area contributed by atoms with Crippen molar-refractivity contribution in [3.8, 4) is 17.1 Å². The molecule has 0 bridgehead atoms. The first-order valence-electron chi connectivity index (χ1n) is 13.6. The summed E-state index contributed by atoms with van der Waals surface area (Å²) in [6.45, 7) is -0.0823. The van der Waals surface area contributed by atoms with Gasteiger partial charge < -0.3 is 15.1 Å². The molecule has 0 unspecified atom stereocenters. The number of rotatable bonds is 10. The molecule has 6 rings (SSSR count). The molecule has 10 nitrogen and oxygen atoms in total. The lowest BCUT2D eigenvalue weighted by atomic mass is 10.0. The van der Waals surface area contributed by atoms with Crippen molar-refractivity contribution in [3.05, 3.63) is 133 Å². The molecule has 3 aromatic carbocycles. The standard InChI is InChI=1S/C33H26N6O4/c40-30(33(42)35-21-29-36-26-15-7-8-16-28(26)43-29)27(20-22-10-3-1-4-11-22)37-32(41)24-14-9-18-34-31(24)39-19-17-25(38-39)23-12-5-2-6-13-23/h1-19,27H,20-21H2,(H,35,42)(H,37,41)/t27-/m1/s1. The van der Waals surface area contributed by atoms with E-state index in [1.54, 1.807) is 36.7 Å². The Morgan fingerprint density at radius 2 is 1.58 bits per heavy atom. The number of nitrogens with zero attached hydrogens (tertiary/aromatic N) is 4. The molecule has 0 aliphatic carbocycles. The summed E-state index contributed by atoms with van der Waals surface area (Å²) in [6, 6.07) is 29.9. The van der Waals surface area contributed by atoms with Crippen LogP contribution in [0.5, 0.6) is 0 Å². The third-order valence-corrected chi connectivity index (χ3v) is 6.77. The molecule has 0 spiro atoms. The van der Waals surface area contributed by atoms with Crippen LogP contribution in [0, 0.1) is 0 Å². The number of carbonyl (C=O) groups excluding carboxylic acids is 3. The molecule has 43 heavy (non-hydrogen) atoms. The molecule has 0 saturated heterocycles. The summed E-state index contributed by atoms with van der Waals surface area (Å²) in [5.74, 6) is -1.69. The van der Waals surface area contributed by atoms with Gasteiger partial charge in [-0.05, 0) is 35.9 Å². The Hall–Kier alpha value is -5.90. The Bertz CT molecular complexity index is 1870. The highest BCUT2D eigenvalue weighted by atomic mass is 16.3. The number of para-hydroxylation sites is 2. The zero-order valence-electron chi connectivity index (χ0n) is 22.9. The van der Waals surface area contributed by atoms with Crippen molar-refractivity contribution in [1.82, 2.24) is 30.4 Å².